The summed E-state index contributed by atoms with van der Waals surface area (Å²) in [5, 5.41) is 0. The van der Waals surface area contributed by atoms with Crippen molar-refractivity contribution in [3.63, 3.8) is 0 Å². The Balaban J connectivity index is 2.16. The van der Waals surface area contributed by atoms with Crippen molar-refractivity contribution < 1.29 is 9.47 Å². The average Bonchev–Trinajstić information content (AvgIpc) is 2.83. The highest BCUT2D eigenvalue weighted by atomic mass is 32.2. The number of rotatable bonds is 5. The van der Waals surface area contributed by atoms with Crippen LogP contribution in [0.4, 0.5) is 0 Å². The lowest BCUT2D eigenvalue weighted by molar-refractivity contribution is 0.218. The third-order valence-electron chi connectivity index (χ3n) is 2.86. The molecule has 94 valence electrons. The lowest BCUT2D eigenvalue weighted by Crippen LogP contribution is -2.15. The summed E-state index contributed by atoms with van der Waals surface area (Å²) in [4.78, 5) is 0. The molecule has 2 rings (SSSR count). The molecular weight excluding hydrogens is 234 g/mol. The van der Waals surface area contributed by atoms with Gasteiger partial charge >= 0.3 is 0 Å². The van der Waals surface area contributed by atoms with Crippen LogP contribution in [0.2, 0.25) is 0 Å². The summed E-state index contributed by atoms with van der Waals surface area (Å²) in [7, 11) is 1.69. The van der Waals surface area contributed by atoms with E-state index < -0.39 is 0 Å². The van der Waals surface area contributed by atoms with Gasteiger partial charge in [-0.2, -0.15) is 11.8 Å². The minimum Gasteiger partial charge on any atom is -0.493 e. The molecule has 0 spiro atoms. The number of nitrogens with two attached hydrogens (primary N) is 1. The van der Waals surface area contributed by atoms with Crippen LogP contribution in [0, 0.1) is 0 Å². The van der Waals surface area contributed by atoms with E-state index in [1.807, 2.05) is 30.0 Å². The van der Waals surface area contributed by atoms with Gasteiger partial charge in [-0.1, -0.05) is 12.1 Å². The highest BCUT2D eigenvalue weighted by Gasteiger charge is 2.19. The van der Waals surface area contributed by atoms with Crippen LogP contribution in [0.3, 0.4) is 0 Å². The first-order chi connectivity index (χ1) is 8.35. The standard InChI is InChI=1S/C13H19NO2S/c1-15-13-10(5-7-14)3-2-4-12(13)16-11-6-8-17-9-11/h2-4,11H,5-9,14H2,1H3. The van der Waals surface area contributed by atoms with Crippen molar-refractivity contribution in [2.75, 3.05) is 25.2 Å². The summed E-state index contributed by atoms with van der Waals surface area (Å²) in [6.45, 7) is 0.624. The van der Waals surface area contributed by atoms with Crippen molar-refractivity contribution in [2.24, 2.45) is 5.73 Å². The molecular formula is C13H19NO2S. The summed E-state index contributed by atoms with van der Waals surface area (Å²) < 4.78 is 11.4. The largest absolute Gasteiger partial charge is 0.493 e. The van der Waals surface area contributed by atoms with E-state index in [1.165, 1.54) is 5.75 Å². The molecule has 1 aromatic carbocycles. The fourth-order valence-electron chi connectivity index (χ4n) is 2.02. The first-order valence-corrected chi connectivity index (χ1v) is 7.11. The average molecular weight is 253 g/mol. The zero-order chi connectivity index (χ0) is 12.1. The van der Waals surface area contributed by atoms with Crippen molar-refractivity contribution in [3.8, 4) is 11.5 Å². The zero-order valence-corrected chi connectivity index (χ0v) is 11.0. The normalized spacial score (nSPS) is 19.3. The molecule has 1 aliphatic rings. The van der Waals surface area contributed by atoms with E-state index in [1.54, 1.807) is 7.11 Å². The highest BCUT2D eigenvalue weighted by Crippen LogP contribution is 2.33. The van der Waals surface area contributed by atoms with Gasteiger partial charge in [-0.25, -0.2) is 0 Å². The van der Waals surface area contributed by atoms with Crippen LogP contribution in [-0.4, -0.2) is 31.3 Å². The zero-order valence-electron chi connectivity index (χ0n) is 10.1. The number of ether oxygens (including phenoxy) is 2. The van der Waals surface area contributed by atoms with Crippen LogP contribution >= 0.6 is 11.8 Å². The van der Waals surface area contributed by atoms with Gasteiger partial charge in [0.15, 0.2) is 11.5 Å². The third kappa shape index (κ3) is 3.07. The predicted octanol–water partition coefficient (Wildman–Crippen LogP) is 2.08. The molecule has 17 heavy (non-hydrogen) atoms. The molecule has 4 heteroatoms. The molecule has 1 saturated heterocycles. The van der Waals surface area contributed by atoms with Gasteiger partial charge in [-0.05, 0) is 36.8 Å². The Morgan fingerprint density at radius 1 is 1.47 bits per heavy atom. The fourth-order valence-corrected chi connectivity index (χ4v) is 3.12. The number of hydrogen-bond acceptors (Lipinski definition) is 4. The Kier molecular flexibility index (Phi) is 4.57. The van der Waals surface area contributed by atoms with Gasteiger partial charge in [0, 0.05) is 5.75 Å². The van der Waals surface area contributed by atoms with E-state index >= 15 is 0 Å². The fraction of sp³-hybridized carbons (Fsp3) is 0.538. The molecule has 0 bridgehead atoms. The quantitative estimate of drug-likeness (QED) is 0.872. The van der Waals surface area contributed by atoms with E-state index in [0.29, 0.717) is 12.6 Å². The second-order valence-electron chi connectivity index (χ2n) is 4.09. The van der Waals surface area contributed by atoms with Gasteiger partial charge in [0.25, 0.3) is 0 Å². The molecule has 2 N–H and O–H groups in total. The molecule has 1 heterocycles. The molecule has 1 atom stereocenters. The molecule has 1 aliphatic heterocycles. The lowest BCUT2D eigenvalue weighted by Gasteiger charge is -2.17. The van der Waals surface area contributed by atoms with Gasteiger partial charge in [-0.3, -0.25) is 0 Å². The SMILES string of the molecule is COc1c(CCN)cccc1OC1CCSC1. The maximum absolute atomic E-state index is 6.00. The highest BCUT2D eigenvalue weighted by molar-refractivity contribution is 7.99. The number of benzene rings is 1. The molecule has 0 aliphatic carbocycles. The van der Waals surface area contributed by atoms with Crippen molar-refractivity contribution in [2.45, 2.75) is 18.9 Å². The van der Waals surface area contributed by atoms with Gasteiger partial charge in [0.05, 0.1) is 7.11 Å². The van der Waals surface area contributed by atoms with Gasteiger partial charge in [0.2, 0.25) is 0 Å². The van der Waals surface area contributed by atoms with Gasteiger partial charge in [0.1, 0.15) is 6.10 Å². The van der Waals surface area contributed by atoms with Crippen molar-refractivity contribution in [1.82, 2.24) is 0 Å². The van der Waals surface area contributed by atoms with Crippen molar-refractivity contribution in [1.29, 1.82) is 0 Å². The van der Waals surface area contributed by atoms with Crippen LogP contribution in [0.15, 0.2) is 18.2 Å². The van der Waals surface area contributed by atoms with E-state index in [0.717, 1.165) is 35.7 Å². The molecule has 0 amide bonds. The molecule has 1 fully saturated rings. The Morgan fingerprint density at radius 2 is 2.35 bits per heavy atom. The third-order valence-corrected chi connectivity index (χ3v) is 3.99. The lowest BCUT2D eigenvalue weighted by atomic mass is 10.1. The van der Waals surface area contributed by atoms with E-state index in [2.05, 4.69) is 0 Å². The van der Waals surface area contributed by atoms with E-state index in [-0.39, 0.29) is 0 Å². The van der Waals surface area contributed by atoms with Gasteiger partial charge in [-0.15, -0.1) is 0 Å². The van der Waals surface area contributed by atoms with Crippen LogP contribution in [0.5, 0.6) is 11.5 Å². The molecule has 0 radical (unpaired) electrons. The maximum atomic E-state index is 6.00. The second-order valence-corrected chi connectivity index (χ2v) is 5.24. The van der Waals surface area contributed by atoms with Crippen LogP contribution < -0.4 is 15.2 Å². The number of thioether (sulfide) groups is 1. The monoisotopic (exact) mass is 253 g/mol. The Labute approximate surface area is 107 Å². The van der Waals surface area contributed by atoms with E-state index in [9.17, 15) is 0 Å². The number of hydrogen-bond donors (Lipinski definition) is 1. The molecule has 1 unspecified atom stereocenters. The topological polar surface area (TPSA) is 44.5 Å². The summed E-state index contributed by atoms with van der Waals surface area (Å²) in [6, 6.07) is 6.02. The Hall–Kier alpha value is -0.870. The van der Waals surface area contributed by atoms with Crippen LogP contribution in [-0.2, 0) is 6.42 Å². The smallest absolute Gasteiger partial charge is 0.163 e. The molecule has 3 nitrogen and oxygen atoms in total. The minimum atomic E-state index is 0.321. The predicted molar refractivity (Wildman–Crippen MR) is 72.1 cm³/mol. The van der Waals surface area contributed by atoms with Crippen LogP contribution in [0.25, 0.3) is 0 Å². The van der Waals surface area contributed by atoms with E-state index in [4.69, 9.17) is 15.2 Å². The molecule has 0 aromatic heterocycles. The summed E-state index contributed by atoms with van der Waals surface area (Å²) in [5.41, 5.74) is 6.72. The van der Waals surface area contributed by atoms with Crippen molar-refractivity contribution >= 4 is 11.8 Å². The Morgan fingerprint density at radius 3 is 3.00 bits per heavy atom. The molecule has 1 aromatic rings. The Bertz CT molecular complexity index is 364. The first-order valence-electron chi connectivity index (χ1n) is 5.95. The first kappa shape index (κ1) is 12.6. The second kappa shape index (κ2) is 6.17. The minimum absolute atomic E-state index is 0.321. The number of para-hydroxylation sites is 1. The summed E-state index contributed by atoms with van der Waals surface area (Å²) in [5.74, 6) is 3.96. The summed E-state index contributed by atoms with van der Waals surface area (Å²) >= 11 is 1.94. The van der Waals surface area contributed by atoms with Crippen molar-refractivity contribution in [3.05, 3.63) is 23.8 Å². The summed E-state index contributed by atoms with van der Waals surface area (Å²) in [6.07, 6.45) is 2.26. The number of methoxy groups -OCH3 is 1. The van der Waals surface area contributed by atoms with Gasteiger partial charge < -0.3 is 15.2 Å². The van der Waals surface area contributed by atoms with Crippen LogP contribution in [0.1, 0.15) is 12.0 Å². The molecule has 0 saturated carbocycles. The maximum Gasteiger partial charge on any atom is 0.163 e.